The Bertz CT molecular complexity index is 975. The minimum atomic E-state index is -0.153. The van der Waals surface area contributed by atoms with Gasteiger partial charge in [-0.3, -0.25) is 9.69 Å². The number of piperazine rings is 1. The van der Waals surface area contributed by atoms with E-state index in [9.17, 15) is 9.90 Å². The van der Waals surface area contributed by atoms with E-state index in [0.717, 1.165) is 37.3 Å². The summed E-state index contributed by atoms with van der Waals surface area (Å²) < 4.78 is 11.3. The number of carbonyl (C=O) groups is 1. The number of nitrogens with zero attached hydrogens (tertiary/aromatic N) is 2. The van der Waals surface area contributed by atoms with Crippen molar-refractivity contribution in [1.82, 2.24) is 9.80 Å². The normalized spacial score (nSPS) is 18.7. The number of carbonyl (C=O) groups excluding carboxylic acids is 1. The molecule has 152 valence electrons. The van der Waals surface area contributed by atoms with Crippen LogP contribution in [0.5, 0.6) is 17.2 Å². The molecule has 4 rings (SSSR count). The van der Waals surface area contributed by atoms with Gasteiger partial charge in [-0.1, -0.05) is 12.1 Å². The van der Waals surface area contributed by atoms with Crippen LogP contribution in [0.3, 0.4) is 0 Å². The summed E-state index contributed by atoms with van der Waals surface area (Å²) in [5.41, 5.74) is 2.76. The minimum Gasteiger partial charge on any atom is -0.507 e. The second-order valence-corrected chi connectivity index (χ2v) is 7.69. The first kappa shape index (κ1) is 19.5. The SMILES string of the molecule is COc1cccc(/C=C2\Oc3c(CN4CCN(C)CC4)c(O)cc(C)c3C2=O)c1. The number of benzene rings is 2. The first-order valence-corrected chi connectivity index (χ1v) is 9.81. The fraction of sp³-hybridized carbons (Fsp3) is 0.348. The smallest absolute Gasteiger partial charge is 0.232 e. The van der Waals surface area contributed by atoms with Gasteiger partial charge in [-0.25, -0.2) is 0 Å². The predicted octanol–water partition coefficient (Wildman–Crippen LogP) is 3.07. The van der Waals surface area contributed by atoms with Crippen molar-refractivity contribution in [3.63, 3.8) is 0 Å². The van der Waals surface area contributed by atoms with Gasteiger partial charge in [-0.2, -0.15) is 0 Å². The maximum Gasteiger partial charge on any atom is 0.232 e. The van der Waals surface area contributed by atoms with Gasteiger partial charge in [0.05, 0.1) is 18.2 Å². The lowest BCUT2D eigenvalue weighted by Crippen LogP contribution is -2.43. The Morgan fingerprint density at radius 3 is 2.69 bits per heavy atom. The second kappa shape index (κ2) is 7.89. The number of rotatable bonds is 4. The minimum absolute atomic E-state index is 0.153. The van der Waals surface area contributed by atoms with E-state index in [0.29, 0.717) is 29.2 Å². The van der Waals surface area contributed by atoms with Gasteiger partial charge in [-0.15, -0.1) is 0 Å². The number of ketones is 1. The molecule has 2 aromatic rings. The number of likely N-dealkylation sites (N-methyl/N-ethyl adjacent to an activating group) is 1. The number of phenols is 1. The highest BCUT2D eigenvalue weighted by Crippen LogP contribution is 2.42. The van der Waals surface area contributed by atoms with Crippen LogP contribution in [0.25, 0.3) is 6.08 Å². The summed E-state index contributed by atoms with van der Waals surface area (Å²) in [5, 5.41) is 10.6. The number of allylic oxidation sites excluding steroid dienone is 1. The number of hydrogen-bond acceptors (Lipinski definition) is 6. The van der Waals surface area contributed by atoms with Crippen molar-refractivity contribution in [3.8, 4) is 17.2 Å². The van der Waals surface area contributed by atoms with E-state index in [1.165, 1.54) is 0 Å². The Kier molecular flexibility index (Phi) is 5.30. The average Bonchev–Trinajstić information content (AvgIpc) is 3.03. The van der Waals surface area contributed by atoms with Crippen molar-refractivity contribution in [2.24, 2.45) is 0 Å². The highest BCUT2D eigenvalue weighted by molar-refractivity contribution is 6.15. The summed E-state index contributed by atoms with van der Waals surface area (Å²) in [6.45, 7) is 6.18. The van der Waals surface area contributed by atoms with Gasteiger partial charge in [-0.05, 0) is 49.4 Å². The molecule has 0 bridgehead atoms. The number of ether oxygens (including phenoxy) is 2. The number of hydrogen-bond donors (Lipinski definition) is 1. The zero-order valence-corrected chi connectivity index (χ0v) is 17.1. The topological polar surface area (TPSA) is 62.2 Å². The third kappa shape index (κ3) is 3.86. The number of Topliss-reactive ketones (excluding diaryl/α,β-unsaturated/α-hetero) is 1. The van der Waals surface area contributed by atoms with E-state index in [-0.39, 0.29) is 17.3 Å². The molecule has 1 fully saturated rings. The van der Waals surface area contributed by atoms with Crippen molar-refractivity contribution < 1.29 is 19.4 Å². The van der Waals surface area contributed by atoms with Crippen molar-refractivity contribution >= 4 is 11.9 Å². The van der Waals surface area contributed by atoms with Gasteiger partial charge in [0.2, 0.25) is 5.78 Å². The Morgan fingerprint density at radius 2 is 1.97 bits per heavy atom. The molecule has 2 heterocycles. The van der Waals surface area contributed by atoms with Crippen LogP contribution in [0.4, 0.5) is 0 Å². The van der Waals surface area contributed by atoms with Crippen molar-refractivity contribution in [3.05, 3.63) is 58.3 Å². The Balaban J connectivity index is 1.67. The van der Waals surface area contributed by atoms with Crippen molar-refractivity contribution in [2.45, 2.75) is 13.5 Å². The van der Waals surface area contributed by atoms with Gasteiger partial charge in [0.1, 0.15) is 17.2 Å². The van der Waals surface area contributed by atoms with E-state index in [1.807, 2.05) is 31.2 Å². The molecule has 6 heteroatoms. The Morgan fingerprint density at radius 1 is 1.21 bits per heavy atom. The lowest BCUT2D eigenvalue weighted by atomic mass is 9.99. The standard InChI is InChI=1S/C23H26N2O4/c1-15-11-19(26)18(14-25-9-7-24(2)8-10-25)23-21(15)22(27)20(29-23)13-16-5-4-6-17(12-16)28-3/h4-6,11-13,26H,7-10,14H2,1-3H3/b20-13-. The Labute approximate surface area is 171 Å². The van der Waals surface area contributed by atoms with Crippen LogP contribution < -0.4 is 9.47 Å². The van der Waals surface area contributed by atoms with E-state index >= 15 is 0 Å². The first-order valence-electron chi connectivity index (χ1n) is 9.81. The van der Waals surface area contributed by atoms with Crippen LogP contribution in [0, 0.1) is 6.92 Å². The summed E-state index contributed by atoms with van der Waals surface area (Å²) in [5.74, 6) is 1.49. The predicted molar refractivity (Wildman–Crippen MR) is 112 cm³/mol. The maximum absolute atomic E-state index is 13.0. The van der Waals surface area contributed by atoms with Crippen molar-refractivity contribution in [1.29, 1.82) is 0 Å². The largest absolute Gasteiger partial charge is 0.507 e. The van der Waals surface area contributed by atoms with Crippen LogP contribution in [0.15, 0.2) is 36.1 Å². The second-order valence-electron chi connectivity index (χ2n) is 7.69. The molecule has 2 aromatic carbocycles. The molecule has 0 aromatic heterocycles. The summed E-state index contributed by atoms with van der Waals surface area (Å²) in [6.07, 6.45) is 1.72. The zero-order valence-electron chi connectivity index (χ0n) is 17.1. The summed E-state index contributed by atoms with van der Waals surface area (Å²) in [7, 11) is 3.71. The molecule has 2 aliphatic rings. The van der Waals surface area contributed by atoms with E-state index in [1.54, 1.807) is 19.3 Å². The third-order valence-electron chi connectivity index (χ3n) is 5.59. The molecule has 0 unspecified atom stereocenters. The fourth-order valence-electron chi connectivity index (χ4n) is 3.85. The van der Waals surface area contributed by atoms with E-state index in [4.69, 9.17) is 9.47 Å². The summed E-state index contributed by atoms with van der Waals surface area (Å²) >= 11 is 0. The fourth-order valence-corrected chi connectivity index (χ4v) is 3.85. The number of aryl methyl sites for hydroxylation is 1. The number of fused-ring (bicyclic) bond motifs is 1. The zero-order chi connectivity index (χ0) is 20.5. The van der Waals surface area contributed by atoms with Crippen LogP contribution in [0.1, 0.15) is 27.0 Å². The molecule has 1 N–H and O–H groups in total. The molecule has 29 heavy (non-hydrogen) atoms. The molecule has 0 atom stereocenters. The van der Waals surface area contributed by atoms with Gasteiger partial charge < -0.3 is 19.5 Å². The van der Waals surface area contributed by atoms with E-state index < -0.39 is 0 Å². The lowest BCUT2D eigenvalue weighted by molar-refractivity contribution is 0.101. The highest BCUT2D eigenvalue weighted by Gasteiger charge is 2.34. The number of methoxy groups -OCH3 is 1. The van der Waals surface area contributed by atoms with Gasteiger partial charge in [0.15, 0.2) is 5.76 Å². The molecule has 0 aliphatic carbocycles. The molecular weight excluding hydrogens is 368 g/mol. The first-order chi connectivity index (χ1) is 14.0. The van der Waals surface area contributed by atoms with E-state index in [2.05, 4.69) is 16.8 Å². The maximum atomic E-state index is 13.0. The van der Waals surface area contributed by atoms with Crippen LogP contribution in [-0.2, 0) is 6.54 Å². The monoisotopic (exact) mass is 394 g/mol. The van der Waals surface area contributed by atoms with Crippen molar-refractivity contribution in [2.75, 3.05) is 40.3 Å². The summed E-state index contributed by atoms with van der Waals surface area (Å²) in [6, 6.07) is 9.13. The number of phenolic OH excluding ortho intramolecular Hbond substituents is 1. The molecule has 0 amide bonds. The summed E-state index contributed by atoms with van der Waals surface area (Å²) in [4.78, 5) is 17.6. The Hall–Kier alpha value is -2.83. The molecule has 0 spiro atoms. The molecule has 0 saturated carbocycles. The molecule has 1 saturated heterocycles. The molecule has 2 aliphatic heterocycles. The lowest BCUT2D eigenvalue weighted by Gasteiger charge is -2.32. The van der Waals surface area contributed by atoms with Gasteiger partial charge in [0.25, 0.3) is 0 Å². The van der Waals surface area contributed by atoms with Crippen LogP contribution in [0.2, 0.25) is 0 Å². The quantitative estimate of drug-likeness (QED) is 0.805. The van der Waals surface area contributed by atoms with Crippen LogP contribution in [-0.4, -0.2) is 61.0 Å². The van der Waals surface area contributed by atoms with Gasteiger partial charge >= 0.3 is 0 Å². The molecule has 6 nitrogen and oxygen atoms in total. The number of aromatic hydroxyl groups is 1. The highest BCUT2D eigenvalue weighted by atomic mass is 16.5. The molecule has 0 radical (unpaired) electrons. The van der Waals surface area contributed by atoms with Crippen LogP contribution >= 0.6 is 0 Å². The third-order valence-corrected chi connectivity index (χ3v) is 5.59. The molecular formula is C23H26N2O4. The van der Waals surface area contributed by atoms with Gasteiger partial charge in [0, 0.05) is 32.7 Å². The average molecular weight is 394 g/mol.